The van der Waals surface area contributed by atoms with Gasteiger partial charge in [0.05, 0.1) is 12.2 Å². The van der Waals surface area contributed by atoms with Gasteiger partial charge in [0, 0.05) is 50.3 Å². The number of aliphatic imine (C=N–C) groups is 1. The normalized spacial score (nSPS) is 15.1. The lowest BCUT2D eigenvalue weighted by Gasteiger charge is -2.36. The molecule has 1 aliphatic heterocycles. The van der Waals surface area contributed by atoms with Gasteiger partial charge in [0.25, 0.3) is 0 Å². The third-order valence-corrected chi connectivity index (χ3v) is 6.46. The summed E-state index contributed by atoms with van der Waals surface area (Å²) in [6.07, 6.45) is 1.11. The van der Waals surface area contributed by atoms with Gasteiger partial charge in [-0.3, -0.25) is 9.89 Å². The molecular weight excluding hydrogens is 507 g/mol. The largest absolute Gasteiger partial charge is 0.369 e. The van der Waals surface area contributed by atoms with Gasteiger partial charge in [-0.05, 0) is 51.4 Å². The first-order valence-corrected chi connectivity index (χ1v) is 11.3. The minimum Gasteiger partial charge on any atom is -0.369 e. The van der Waals surface area contributed by atoms with Crippen molar-refractivity contribution in [2.24, 2.45) is 4.99 Å². The van der Waals surface area contributed by atoms with Crippen molar-refractivity contribution in [3.8, 4) is 0 Å². The fourth-order valence-corrected chi connectivity index (χ4v) is 4.43. The highest BCUT2D eigenvalue weighted by atomic mass is 127. The van der Waals surface area contributed by atoms with Gasteiger partial charge in [0.2, 0.25) is 0 Å². The van der Waals surface area contributed by atoms with Crippen molar-refractivity contribution in [2.45, 2.75) is 33.7 Å². The monoisotopic (exact) mass is 542 g/mol. The first-order valence-electron chi connectivity index (χ1n) is 10.5. The van der Waals surface area contributed by atoms with Gasteiger partial charge >= 0.3 is 0 Å². The predicted octanol–water partition coefficient (Wildman–Crippen LogP) is 3.56. The van der Waals surface area contributed by atoms with Crippen LogP contribution in [0.25, 0.3) is 0 Å². The van der Waals surface area contributed by atoms with Crippen LogP contribution in [0.4, 0.5) is 5.69 Å². The zero-order valence-corrected chi connectivity index (χ0v) is 21.7. The molecule has 0 amide bonds. The van der Waals surface area contributed by atoms with Crippen molar-refractivity contribution in [2.75, 3.05) is 51.2 Å². The molecule has 0 spiro atoms. The van der Waals surface area contributed by atoms with Gasteiger partial charge in [0.1, 0.15) is 5.01 Å². The molecule has 0 aliphatic carbocycles. The van der Waals surface area contributed by atoms with Crippen LogP contribution in [0.15, 0.2) is 29.3 Å². The van der Waals surface area contributed by atoms with E-state index in [1.165, 1.54) is 16.1 Å². The van der Waals surface area contributed by atoms with E-state index in [-0.39, 0.29) is 24.0 Å². The second-order valence-electron chi connectivity index (χ2n) is 7.62. The number of nitrogens with one attached hydrogen (secondary N) is 2. The van der Waals surface area contributed by atoms with E-state index in [1.54, 1.807) is 11.3 Å². The smallest absolute Gasteiger partial charge is 0.191 e. The van der Waals surface area contributed by atoms with Gasteiger partial charge in [-0.25, -0.2) is 4.98 Å². The Kier molecular flexibility index (Phi) is 10.3. The summed E-state index contributed by atoms with van der Waals surface area (Å²) >= 11 is 1.75. The third kappa shape index (κ3) is 7.39. The first kappa shape index (κ1) is 24.9. The van der Waals surface area contributed by atoms with E-state index >= 15 is 0 Å². The standard InChI is InChI=1S/C22H34N6S.HI/c1-17-7-5-8-20(15-17)28-13-11-27(12-14-28)10-6-9-24-22(23-4)25-16-21-26-18(2)19(3)29-21;/h5,7-8,15H,6,9-14,16H2,1-4H3,(H2,23,24,25);1H. The molecule has 2 aromatic rings. The number of aromatic nitrogens is 1. The summed E-state index contributed by atoms with van der Waals surface area (Å²) in [6, 6.07) is 8.82. The lowest BCUT2D eigenvalue weighted by molar-refractivity contribution is 0.255. The molecule has 8 heteroatoms. The molecule has 166 valence electrons. The molecule has 3 rings (SSSR count). The number of rotatable bonds is 7. The number of hydrogen-bond donors (Lipinski definition) is 2. The van der Waals surface area contributed by atoms with E-state index in [2.05, 4.69) is 75.4 Å². The Balaban J connectivity index is 0.00000320. The Morgan fingerprint density at radius 2 is 1.90 bits per heavy atom. The second kappa shape index (κ2) is 12.5. The molecule has 1 aromatic heterocycles. The van der Waals surface area contributed by atoms with Crippen LogP contribution in [-0.2, 0) is 6.54 Å². The second-order valence-corrected chi connectivity index (χ2v) is 8.91. The van der Waals surface area contributed by atoms with Gasteiger partial charge in [-0.1, -0.05) is 12.1 Å². The Labute approximate surface area is 202 Å². The molecule has 30 heavy (non-hydrogen) atoms. The highest BCUT2D eigenvalue weighted by Gasteiger charge is 2.16. The summed E-state index contributed by atoms with van der Waals surface area (Å²) in [6.45, 7) is 13.6. The van der Waals surface area contributed by atoms with Crippen LogP contribution in [0.3, 0.4) is 0 Å². The SMILES string of the molecule is CN=C(NCCCN1CCN(c2cccc(C)c2)CC1)NCc1nc(C)c(C)s1.I. The van der Waals surface area contributed by atoms with Crippen molar-refractivity contribution in [1.82, 2.24) is 20.5 Å². The third-order valence-electron chi connectivity index (χ3n) is 5.39. The molecule has 1 aromatic carbocycles. The summed E-state index contributed by atoms with van der Waals surface area (Å²) in [7, 11) is 1.82. The van der Waals surface area contributed by atoms with Gasteiger partial charge in [0.15, 0.2) is 5.96 Å². The molecule has 2 heterocycles. The van der Waals surface area contributed by atoms with Crippen LogP contribution in [0.5, 0.6) is 0 Å². The number of thiazole rings is 1. The van der Waals surface area contributed by atoms with Gasteiger partial charge in [-0.15, -0.1) is 35.3 Å². The Bertz CT molecular complexity index is 794. The lowest BCUT2D eigenvalue weighted by atomic mass is 10.2. The average molecular weight is 543 g/mol. The van der Waals surface area contributed by atoms with Crippen LogP contribution in [-0.4, -0.2) is 62.2 Å². The lowest BCUT2D eigenvalue weighted by Crippen LogP contribution is -2.47. The highest BCUT2D eigenvalue weighted by molar-refractivity contribution is 14.0. The number of anilines is 1. The highest BCUT2D eigenvalue weighted by Crippen LogP contribution is 2.18. The zero-order valence-electron chi connectivity index (χ0n) is 18.6. The molecule has 0 atom stereocenters. The number of nitrogens with zero attached hydrogens (tertiary/aromatic N) is 4. The number of halogens is 1. The topological polar surface area (TPSA) is 55.8 Å². The summed E-state index contributed by atoms with van der Waals surface area (Å²) in [5.74, 6) is 0.847. The zero-order chi connectivity index (χ0) is 20.6. The Morgan fingerprint density at radius 1 is 1.13 bits per heavy atom. The number of hydrogen-bond acceptors (Lipinski definition) is 5. The molecule has 6 nitrogen and oxygen atoms in total. The Morgan fingerprint density at radius 3 is 2.53 bits per heavy atom. The molecule has 0 saturated carbocycles. The van der Waals surface area contributed by atoms with Crippen LogP contribution >= 0.6 is 35.3 Å². The molecule has 0 radical (unpaired) electrons. The van der Waals surface area contributed by atoms with Crippen LogP contribution in [0, 0.1) is 20.8 Å². The van der Waals surface area contributed by atoms with E-state index in [1.807, 2.05) is 7.05 Å². The van der Waals surface area contributed by atoms with E-state index in [0.717, 1.165) is 68.9 Å². The number of benzene rings is 1. The fraction of sp³-hybridized carbons (Fsp3) is 0.545. The molecule has 0 bridgehead atoms. The first-order chi connectivity index (χ1) is 14.0. The number of piperazine rings is 1. The number of guanidine groups is 1. The summed E-state index contributed by atoms with van der Waals surface area (Å²) in [5.41, 5.74) is 3.81. The minimum atomic E-state index is 0. The molecule has 1 saturated heterocycles. The molecule has 1 fully saturated rings. The van der Waals surface area contributed by atoms with E-state index in [0.29, 0.717) is 0 Å². The van der Waals surface area contributed by atoms with Crippen LogP contribution in [0.1, 0.15) is 27.6 Å². The molecular formula is C22H35IN6S. The maximum Gasteiger partial charge on any atom is 0.191 e. The maximum absolute atomic E-state index is 4.57. The number of aryl methyl sites for hydroxylation is 3. The van der Waals surface area contributed by atoms with Gasteiger partial charge in [-0.2, -0.15) is 0 Å². The minimum absolute atomic E-state index is 0. The predicted molar refractivity (Wildman–Crippen MR) is 140 cm³/mol. The van der Waals surface area contributed by atoms with Crippen molar-refractivity contribution in [1.29, 1.82) is 0 Å². The van der Waals surface area contributed by atoms with Crippen LogP contribution in [0.2, 0.25) is 0 Å². The van der Waals surface area contributed by atoms with E-state index in [9.17, 15) is 0 Å². The van der Waals surface area contributed by atoms with E-state index < -0.39 is 0 Å². The fourth-order valence-electron chi connectivity index (χ4n) is 3.56. The van der Waals surface area contributed by atoms with Crippen LogP contribution < -0.4 is 15.5 Å². The molecule has 0 unspecified atom stereocenters. The summed E-state index contributed by atoms with van der Waals surface area (Å²) in [5, 5.41) is 7.89. The van der Waals surface area contributed by atoms with Crippen molar-refractivity contribution >= 4 is 47.0 Å². The van der Waals surface area contributed by atoms with Crippen molar-refractivity contribution in [3.05, 3.63) is 45.4 Å². The maximum atomic E-state index is 4.57. The van der Waals surface area contributed by atoms with Crippen molar-refractivity contribution in [3.63, 3.8) is 0 Å². The molecule has 2 N–H and O–H groups in total. The summed E-state index contributed by atoms with van der Waals surface area (Å²) in [4.78, 5) is 15.2. The average Bonchev–Trinajstić information content (AvgIpc) is 3.05. The summed E-state index contributed by atoms with van der Waals surface area (Å²) < 4.78 is 0. The molecule has 1 aliphatic rings. The quantitative estimate of drug-likeness (QED) is 0.243. The van der Waals surface area contributed by atoms with E-state index in [4.69, 9.17) is 0 Å². The van der Waals surface area contributed by atoms with Gasteiger partial charge < -0.3 is 15.5 Å². The van der Waals surface area contributed by atoms with Crippen molar-refractivity contribution < 1.29 is 0 Å². The Hall–Kier alpha value is -1.39.